The second-order valence-corrected chi connectivity index (χ2v) is 3.79. The summed E-state index contributed by atoms with van der Waals surface area (Å²) in [6, 6.07) is 6.67. The maximum Gasteiger partial charge on any atom is 0.00719 e. The van der Waals surface area contributed by atoms with Gasteiger partial charge >= 0.3 is 0 Å². The lowest BCUT2D eigenvalue weighted by atomic mass is 9.84. The lowest BCUT2D eigenvalue weighted by molar-refractivity contribution is 0.816. The van der Waals surface area contributed by atoms with Gasteiger partial charge in [0.05, 0.1) is 0 Å². The van der Waals surface area contributed by atoms with Gasteiger partial charge < -0.3 is 0 Å². The number of benzene rings is 1. The number of alkyl halides is 1. The molecule has 0 saturated carbocycles. The molecule has 0 bridgehead atoms. The minimum Gasteiger partial charge on any atom is -0.0924 e. The first-order chi connectivity index (χ1) is 5.42. The fourth-order valence-electron chi connectivity index (χ4n) is 1.66. The molecular weight excluding hydrogens is 200 g/mol. The Kier molecular flexibility index (Phi) is 1.99. The van der Waals surface area contributed by atoms with E-state index in [0.717, 1.165) is 5.33 Å². The fourth-order valence-corrected chi connectivity index (χ4v) is 2.09. The summed E-state index contributed by atoms with van der Waals surface area (Å²) < 4.78 is 0. The topological polar surface area (TPSA) is 0 Å². The second kappa shape index (κ2) is 2.98. The molecule has 2 rings (SSSR count). The van der Waals surface area contributed by atoms with Crippen LogP contribution in [-0.2, 0) is 19.3 Å². The molecule has 0 N–H and O–H groups in total. The SMILES string of the molecule is BrCCc1cccc2c1CC2. The van der Waals surface area contributed by atoms with Crippen molar-refractivity contribution in [1.82, 2.24) is 0 Å². The van der Waals surface area contributed by atoms with Crippen LogP contribution in [0.4, 0.5) is 0 Å². The van der Waals surface area contributed by atoms with Crippen LogP contribution in [0.3, 0.4) is 0 Å². The minimum atomic E-state index is 1.09. The third-order valence-electron chi connectivity index (χ3n) is 2.38. The highest BCUT2D eigenvalue weighted by molar-refractivity contribution is 9.09. The summed E-state index contributed by atoms with van der Waals surface area (Å²) in [7, 11) is 0. The Morgan fingerprint density at radius 3 is 2.82 bits per heavy atom. The van der Waals surface area contributed by atoms with Crippen LogP contribution >= 0.6 is 15.9 Å². The van der Waals surface area contributed by atoms with Crippen molar-refractivity contribution in [2.45, 2.75) is 19.3 Å². The molecule has 1 aliphatic carbocycles. The number of hydrogen-bond acceptors (Lipinski definition) is 0. The lowest BCUT2D eigenvalue weighted by Crippen LogP contribution is -2.11. The summed E-state index contributed by atoms with van der Waals surface area (Å²) >= 11 is 3.47. The van der Waals surface area contributed by atoms with Crippen LogP contribution < -0.4 is 0 Å². The summed E-state index contributed by atoms with van der Waals surface area (Å²) in [5, 5.41) is 1.09. The van der Waals surface area contributed by atoms with Gasteiger partial charge in [0.25, 0.3) is 0 Å². The first-order valence-corrected chi connectivity index (χ1v) is 5.19. The van der Waals surface area contributed by atoms with Crippen LogP contribution in [0.25, 0.3) is 0 Å². The summed E-state index contributed by atoms with van der Waals surface area (Å²) in [5.74, 6) is 0. The third-order valence-corrected chi connectivity index (χ3v) is 2.77. The number of rotatable bonds is 2. The van der Waals surface area contributed by atoms with E-state index in [9.17, 15) is 0 Å². The van der Waals surface area contributed by atoms with Crippen molar-refractivity contribution in [2.75, 3.05) is 5.33 Å². The van der Waals surface area contributed by atoms with Gasteiger partial charge in [-0.15, -0.1) is 0 Å². The Morgan fingerprint density at radius 1 is 1.27 bits per heavy atom. The minimum absolute atomic E-state index is 1.09. The molecule has 0 heterocycles. The summed E-state index contributed by atoms with van der Waals surface area (Å²) in [6.07, 6.45) is 3.78. The summed E-state index contributed by atoms with van der Waals surface area (Å²) in [4.78, 5) is 0. The van der Waals surface area contributed by atoms with Gasteiger partial charge in [-0.3, -0.25) is 0 Å². The molecule has 1 aromatic rings. The highest BCUT2D eigenvalue weighted by Gasteiger charge is 2.15. The molecule has 0 aromatic heterocycles. The van der Waals surface area contributed by atoms with Crippen LogP contribution in [0, 0.1) is 0 Å². The van der Waals surface area contributed by atoms with Crippen LogP contribution in [0.5, 0.6) is 0 Å². The van der Waals surface area contributed by atoms with Crippen molar-refractivity contribution in [2.24, 2.45) is 0 Å². The number of halogens is 1. The van der Waals surface area contributed by atoms with E-state index in [1.807, 2.05) is 0 Å². The van der Waals surface area contributed by atoms with Gasteiger partial charge in [-0.2, -0.15) is 0 Å². The molecule has 0 fully saturated rings. The van der Waals surface area contributed by atoms with Gasteiger partial charge in [-0.1, -0.05) is 34.1 Å². The molecule has 0 radical (unpaired) electrons. The van der Waals surface area contributed by atoms with Gasteiger partial charge in [0, 0.05) is 5.33 Å². The second-order valence-electron chi connectivity index (χ2n) is 2.99. The predicted molar refractivity (Wildman–Crippen MR) is 51.3 cm³/mol. The molecule has 1 aliphatic rings. The first kappa shape index (κ1) is 7.35. The van der Waals surface area contributed by atoms with E-state index >= 15 is 0 Å². The van der Waals surface area contributed by atoms with E-state index in [1.165, 1.54) is 19.3 Å². The summed E-state index contributed by atoms with van der Waals surface area (Å²) in [5.41, 5.74) is 4.74. The van der Waals surface area contributed by atoms with E-state index in [0.29, 0.717) is 0 Å². The molecule has 1 heteroatoms. The average Bonchev–Trinajstić information content (AvgIpc) is 1.94. The van der Waals surface area contributed by atoms with Crippen LogP contribution in [0.2, 0.25) is 0 Å². The summed E-state index contributed by atoms with van der Waals surface area (Å²) in [6.45, 7) is 0. The largest absolute Gasteiger partial charge is 0.0924 e. The maximum atomic E-state index is 3.47. The van der Waals surface area contributed by atoms with E-state index in [2.05, 4.69) is 34.1 Å². The van der Waals surface area contributed by atoms with Crippen LogP contribution in [0.15, 0.2) is 18.2 Å². The van der Waals surface area contributed by atoms with Gasteiger partial charge in [0.15, 0.2) is 0 Å². The Bertz CT molecular complexity index is 266. The van der Waals surface area contributed by atoms with Crippen LogP contribution in [0.1, 0.15) is 16.7 Å². The Hall–Kier alpha value is -0.300. The number of aryl methyl sites for hydroxylation is 2. The van der Waals surface area contributed by atoms with Gasteiger partial charge in [0.1, 0.15) is 0 Å². The molecule has 0 unspecified atom stereocenters. The standard InChI is InChI=1S/C10H11Br/c11-7-6-9-3-1-2-8-4-5-10(8)9/h1-3H,4-7H2. The maximum absolute atomic E-state index is 3.47. The predicted octanol–water partition coefficient (Wildman–Crippen LogP) is 2.72. The van der Waals surface area contributed by atoms with Crippen molar-refractivity contribution in [3.8, 4) is 0 Å². The third kappa shape index (κ3) is 1.22. The van der Waals surface area contributed by atoms with E-state index in [-0.39, 0.29) is 0 Å². The average molecular weight is 211 g/mol. The molecular formula is C10H11Br. The smallest absolute Gasteiger partial charge is 0.00719 e. The van der Waals surface area contributed by atoms with Crippen molar-refractivity contribution in [3.63, 3.8) is 0 Å². The van der Waals surface area contributed by atoms with Gasteiger partial charge in [-0.05, 0) is 36.0 Å². The highest BCUT2D eigenvalue weighted by Crippen LogP contribution is 2.26. The molecule has 0 saturated heterocycles. The normalized spacial score (nSPS) is 13.9. The molecule has 0 aliphatic heterocycles. The van der Waals surface area contributed by atoms with Crippen LogP contribution in [-0.4, -0.2) is 5.33 Å². The highest BCUT2D eigenvalue weighted by atomic mass is 79.9. The van der Waals surface area contributed by atoms with E-state index < -0.39 is 0 Å². The molecule has 1 aromatic carbocycles. The Balaban J connectivity index is 2.33. The quantitative estimate of drug-likeness (QED) is 0.660. The first-order valence-electron chi connectivity index (χ1n) is 4.07. The van der Waals surface area contributed by atoms with Crippen molar-refractivity contribution in [1.29, 1.82) is 0 Å². The van der Waals surface area contributed by atoms with Gasteiger partial charge in [0.2, 0.25) is 0 Å². The number of hydrogen-bond donors (Lipinski definition) is 0. The van der Waals surface area contributed by atoms with Crippen molar-refractivity contribution < 1.29 is 0 Å². The number of fused-ring (bicyclic) bond motifs is 1. The molecule has 0 atom stereocenters. The molecule has 0 spiro atoms. The zero-order chi connectivity index (χ0) is 7.68. The fraction of sp³-hybridized carbons (Fsp3) is 0.400. The molecule has 0 nitrogen and oxygen atoms in total. The van der Waals surface area contributed by atoms with Gasteiger partial charge in [-0.25, -0.2) is 0 Å². The lowest BCUT2D eigenvalue weighted by Gasteiger charge is -2.21. The van der Waals surface area contributed by atoms with Crippen molar-refractivity contribution >= 4 is 15.9 Å². The van der Waals surface area contributed by atoms with Crippen molar-refractivity contribution in [3.05, 3.63) is 34.9 Å². The molecule has 58 valence electrons. The molecule has 0 amide bonds. The van der Waals surface area contributed by atoms with E-state index in [1.54, 1.807) is 16.7 Å². The van der Waals surface area contributed by atoms with E-state index in [4.69, 9.17) is 0 Å². The monoisotopic (exact) mass is 210 g/mol. The zero-order valence-corrected chi connectivity index (χ0v) is 8.02. The zero-order valence-electron chi connectivity index (χ0n) is 6.44. The molecule has 11 heavy (non-hydrogen) atoms. The Morgan fingerprint density at radius 2 is 2.18 bits per heavy atom. The Labute approximate surface area is 75.8 Å².